The zero-order chi connectivity index (χ0) is 10.7. The van der Waals surface area contributed by atoms with Crippen molar-refractivity contribution >= 4 is 11.3 Å². The Hall–Kier alpha value is -0.580. The number of nitrogens with one attached hydrogen (secondary N) is 1. The number of methoxy groups -OCH3 is 1. The van der Waals surface area contributed by atoms with Crippen molar-refractivity contribution in [2.75, 3.05) is 7.11 Å². The summed E-state index contributed by atoms with van der Waals surface area (Å²) in [6.07, 6.45) is 5.19. The molecule has 1 aromatic heterocycles. The van der Waals surface area contributed by atoms with Gasteiger partial charge >= 0.3 is 0 Å². The van der Waals surface area contributed by atoms with Gasteiger partial charge in [-0.05, 0) is 30.2 Å². The Morgan fingerprint density at radius 2 is 2.47 bits per heavy atom. The Balaban J connectivity index is 1.97. The van der Waals surface area contributed by atoms with E-state index >= 15 is 0 Å². The Bertz CT molecular complexity index is 309. The second-order valence-corrected chi connectivity index (χ2v) is 5.04. The monoisotopic (exact) mass is 226 g/mol. The molecule has 2 rings (SSSR count). The summed E-state index contributed by atoms with van der Waals surface area (Å²) in [5, 5.41) is 2.05. The van der Waals surface area contributed by atoms with Crippen molar-refractivity contribution < 1.29 is 4.74 Å². The molecule has 1 aromatic rings. The molecular formula is C11H18N2OS. The fraction of sp³-hybridized carbons (Fsp3) is 0.636. The van der Waals surface area contributed by atoms with Gasteiger partial charge in [0, 0.05) is 0 Å². The van der Waals surface area contributed by atoms with Crippen LogP contribution in [0.1, 0.15) is 36.6 Å². The summed E-state index contributed by atoms with van der Waals surface area (Å²) in [5.41, 5.74) is 2.89. The van der Waals surface area contributed by atoms with Crippen LogP contribution in [0, 0.1) is 5.92 Å². The lowest BCUT2D eigenvalue weighted by molar-refractivity contribution is 0.397. The first kappa shape index (κ1) is 10.9. The molecule has 4 heteroatoms. The average Bonchev–Trinajstić information content (AvgIpc) is 2.96. The highest BCUT2D eigenvalue weighted by atomic mass is 32.1. The second kappa shape index (κ2) is 4.96. The number of hydrogen-bond donors (Lipinski definition) is 2. The predicted octanol–water partition coefficient (Wildman–Crippen LogP) is 2.45. The van der Waals surface area contributed by atoms with Gasteiger partial charge in [0.2, 0.25) is 0 Å². The summed E-state index contributed by atoms with van der Waals surface area (Å²) in [5.74, 6) is 7.50. The molecule has 1 saturated carbocycles. The summed E-state index contributed by atoms with van der Waals surface area (Å²) in [6.45, 7) is 0. The van der Waals surface area contributed by atoms with Crippen LogP contribution in [0.25, 0.3) is 0 Å². The summed E-state index contributed by atoms with van der Waals surface area (Å²) >= 11 is 1.71. The largest absolute Gasteiger partial charge is 0.496 e. The van der Waals surface area contributed by atoms with Gasteiger partial charge in [0.25, 0.3) is 0 Å². The van der Waals surface area contributed by atoms with E-state index in [0.717, 1.165) is 18.1 Å². The van der Waals surface area contributed by atoms with Crippen molar-refractivity contribution in [3.05, 3.63) is 16.3 Å². The van der Waals surface area contributed by atoms with E-state index in [1.165, 1.54) is 24.1 Å². The topological polar surface area (TPSA) is 47.3 Å². The lowest BCUT2D eigenvalue weighted by Crippen LogP contribution is -2.27. The molecule has 15 heavy (non-hydrogen) atoms. The molecule has 1 atom stereocenters. The molecule has 0 saturated heterocycles. The molecule has 1 aliphatic rings. The zero-order valence-corrected chi connectivity index (χ0v) is 9.85. The van der Waals surface area contributed by atoms with E-state index in [9.17, 15) is 0 Å². The van der Waals surface area contributed by atoms with Crippen molar-refractivity contribution in [1.29, 1.82) is 0 Å². The van der Waals surface area contributed by atoms with Crippen LogP contribution in [0.3, 0.4) is 0 Å². The van der Waals surface area contributed by atoms with Crippen LogP contribution in [0.5, 0.6) is 5.75 Å². The van der Waals surface area contributed by atoms with Crippen molar-refractivity contribution in [2.45, 2.75) is 31.7 Å². The van der Waals surface area contributed by atoms with Gasteiger partial charge in [0.05, 0.1) is 18.0 Å². The molecule has 3 N–H and O–H groups in total. The third-order valence-electron chi connectivity index (χ3n) is 2.96. The van der Waals surface area contributed by atoms with Crippen molar-refractivity contribution in [3.8, 4) is 5.75 Å². The molecule has 0 spiro atoms. The molecule has 0 bridgehead atoms. The van der Waals surface area contributed by atoms with Crippen LogP contribution in [-0.4, -0.2) is 7.11 Å². The molecule has 0 radical (unpaired) electrons. The maximum Gasteiger partial charge on any atom is 0.134 e. The highest BCUT2D eigenvalue weighted by molar-refractivity contribution is 7.10. The first-order valence-corrected chi connectivity index (χ1v) is 6.30. The van der Waals surface area contributed by atoms with E-state index in [2.05, 4.69) is 10.8 Å². The Morgan fingerprint density at radius 3 is 3.07 bits per heavy atom. The second-order valence-electron chi connectivity index (χ2n) is 4.09. The fourth-order valence-electron chi connectivity index (χ4n) is 1.83. The molecular weight excluding hydrogens is 208 g/mol. The smallest absolute Gasteiger partial charge is 0.134 e. The first-order chi connectivity index (χ1) is 7.35. The fourth-order valence-corrected chi connectivity index (χ4v) is 2.79. The maximum absolute atomic E-state index is 5.60. The molecule has 1 unspecified atom stereocenters. The number of hydrogen-bond acceptors (Lipinski definition) is 4. The Labute approximate surface area is 94.6 Å². The van der Waals surface area contributed by atoms with Gasteiger partial charge in [0.15, 0.2) is 0 Å². The lowest BCUT2D eigenvalue weighted by atomic mass is 10.1. The van der Waals surface area contributed by atoms with E-state index in [-0.39, 0.29) is 6.04 Å². The van der Waals surface area contributed by atoms with E-state index in [1.54, 1.807) is 18.4 Å². The Morgan fingerprint density at radius 1 is 1.67 bits per heavy atom. The molecule has 1 fully saturated rings. The normalized spacial score (nSPS) is 17.7. The number of hydrazine groups is 1. The summed E-state index contributed by atoms with van der Waals surface area (Å²) in [4.78, 5) is 1.22. The third-order valence-corrected chi connectivity index (χ3v) is 3.97. The summed E-state index contributed by atoms with van der Waals surface area (Å²) in [7, 11) is 1.71. The predicted molar refractivity (Wildman–Crippen MR) is 62.9 cm³/mol. The van der Waals surface area contributed by atoms with Gasteiger partial charge < -0.3 is 4.74 Å². The third kappa shape index (κ3) is 2.71. The van der Waals surface area contributed by atoms with Crippen molar-refractivity contribution in [1.82, 2.24) is 5.43 Å². The molecule has 3 nitrogen and oxygen atoms in total. The SMILES string of the molecule is COc1ccsc1C(CCC1CC1)NN. The molecule has 84 valence electrons. The minimum absolute atomic E-state index is 0.251. The minimum Gasteiger partial charge on any atom is -0.496 e. The molecule has 1 heterocycles. The number of nitrogens with two attached hydrogens (primary N) is 1. The van der Waals surface area contributed by atoms with E-state index in [4.69, 9.17) is 10.6 Å². The van der Waals surface area contributed by atoms with E-state index < -0.39 is 0 Å². The molecule has 0 aliphatic heterocycles. The van der Waals surface area contributed by atoms with Gasteiger partial charge in [-0.3, -0.25) is 11.3 Å². The zero-order valence-electron chi connectivity index (χ0n) is 9.03. The van der Waals surface area contributed by atoms with Gasteiger partial charge in [-0.1, -0.05) is 12.8 Å². The average molecular weight is 226 g/mol. The standard InChI is InChI=1S/C11H18N2OS/c1-14-10-6-7-15-11(10)9(13-12)5-4-8-2-3-8/h6-9,13H,2-5,12H2,1H3. The van der Waals surface area contributed by atoms with Gasteiger partial charge in [-0.25, -0.2) is 0 Å². The number of ether oxygens (including phenoxy) is 1. The van der Waals surface area contributed by atoms with Crippen LogP contribution < -0.4 is 16.0 Å². The molecule has 0 amide bonds. The van der Waals surface area contributed by atoms with Crippen LogP contribution in [0.2, 0.25) is 0 Å². The van der Waals surface area contributed by atoms with Crippen LogP contribution >= 0.6 is 11.3 Å². The summed E-state index contributed by atoms with van der Waals surface area (Å²) in [6, 6.07) is 2.25. The van der Waals surface area contributed by atoms with E-state index in [1.807, 2.05) is 6.07 Å². The van der Waals surface area contributed by atoms with Crippen LogP contribution in [-0.2, 0) is 0 Å². The van der Waals surface area contributed by atoms with E-state index in [0.29, 0.717) is 0 Å². The lowest BCUT2D eigenvalue weighted by Gasteiger charge is -2.15. The van der Waals surface area contributed by atoms with Crippen molar-refractivity contribution in [2.24, 2.45) is 11.8 Å². The molecule has 0 aromatic carbocycles. The Kier molecular flexibility index (Phi) is 3.61. The van der Waals surface area contributed by atoms with Gasteiger partial charge in [-0.2, -0.15) is 0 Å². The quantitative estimate of drug-likeness (QED) is 0.578. The van der Waals surface area contributed by atoms with Gasteiger partial charge in [0.1, 0.15) is 5.75 Å². The number of rotatable bonds is 6. The summed E-state index contributed by atoms with van der Waals surface area (Å²) < 4.78 is 5.31. The van der Waals surface area contributed by atoms with Crippen LogP contribution in [0.15, 0.2) is 11.4 Å². The van der Waals surface area contributed by atoms with Gasteiger partial charge in [-0.15, -0.1) is 11.3 Å². The molecule has 1 aliphatic carbocycles. The highest BCUT2D eigenvalue weighted by Gasteiger charge is 2.24. The van der Waals surface area contributed by atoms with Crippen LogP contribution in [0.4, 0.5) is 0 Å². The van der Waals surface area contributed by atoms with Crippen molar-refractivity contribution in [3.63, 3.8) is 0 Å². The minimum atomic E-state index is 0.251. The highest BCUT2D eigenvalue weighted by Crippen LogP contribution is 2.38. The first-order valence-electron chi connectivity index (χ1n) is 5.42. The number of thiophene rings is 1. The maximum atomic E-state index is 5.60.